The minimum absolute atomic E-state index is 0.0446. The first-order chi connectivity index (χ1) is 14.5. The van der Waals surface area contributed by atoms with E-state index in [4.69, 9.17) is 0 Å². The van der Waals surface area contributed by atoms with Crippen LogP contribution in [0.1, 0.15) is 24.0 Å². The van der Waals surface area contributed by atoms with Crippen molar-refractivity contribution in [3.63, 3.8) is 0 Å². The van der Waals surface area contributed by atoms with Crippen molar-refractivity contribution in [2.75, 3.05) is 0 Å². The number of benzene rings is 3. The zero-order valence-corrected chi connectivity index (χ0v) is 17.4. The average Bonchev–Trinajstić information content (AvgIpc) is 3.02. The van der Waals surface area contributed by atoms with Crippen LogP contribution in [-0.4, -0.2) is 14.5 Å². The van der Waals surface area contributed by atoms with Crippen molar-refractivity contribution < 1.29 is 12.8 Å². The number of hydrogen-bond donors (Lipinski definition) is 1. The van der Waals surface area contributed by atoms with Crippen LogP contribution in [0.4, 0.5) is 4.39 Å². The van der Waals surface area contributed by atoms with Gasteiger partial charge in [0.2, 0.25) is 10.0 Å². The molecule has 0 aliphatic heterocycles. The molecule has 3 atom stereocenters. The Morgan fingerprint density at radius 2 is 1.40 bits per heavy atom. The Balaban J connectivity index is 1.42. The molecule has 5 heteroatoms. The highest BCUT2D eigenvalue weighted by Crippen LogP contribution is 2.41. The summed E-state index contributed by atoms with van der Waals surface area (Å²) in [7, 11) is -3.53. The standard InChI is InChI=1S/C25H24FNO2S/c26-23-12-10-17(11-13-23)18-6-7-19-14-20-8-9-21(16-22(19)15-18)25(20)27-30(28,29)24-4-2-1-3-5-24/h1-7,10-13,15,20-21,25,27H,8-9,14,16H2. The van der Waals surface area contributed by atoms with E-state index in [0.717, 1.165) is 36.8 Å². The van der Waals surface area contributed by atoms with Crippen LogP contribution in [0.3, 0.4) is 0 Å². The molecule has 3 nitrogen and oxygen atoms in total. The second-order valence-electron chi connectivity index (χ2n) is 8.46. The number of hydrogen-bond acceptors (Lipinski definition) is 2. The quantitative estimate of drug-likeness (QED) is 0.647. The maximum atomic E-state index is 13.3. The van der Waals surface area contributed by atoms with Gasteiger partial charge in [-0.1, -0.05) is 48.5 Å². The highest BCUT2D eigenvalue weighted by atomic mass is 32.2. The summed E-state index contributed by atoms with van der Waals surface area (Å²) in [5.41, 5.74) is 4.66. The van der Waals surface area contributed by atoms with Gasteiger partial charge in [-0.15, -0.1) is 0 Å². The van der Waals surface area contributed by atoms with Gasteiger partial charge in [-0.2, -0.15) is 0 Å². The van der Waals surface area contributed by atoms with E-state index in [9.17, 15) is 12.8 Å². The Morgan fingerprint density at radius 3 is 2.10 bits per heavy atom. The minimum atomic E-state index is -3.53. The van der Waals surface area contributed by atoms with E-state index in [1.54, 1.807) is 36.4 Å². The third kappa shape index (κ3) is 3.68. The van der Waals surface area contributed by atoms with E-state index in [2.05, 4.69) is 22.9 Å². The lowest BCUT2D eigenvalue weighted by molar-refractivity contribution is 0.386. The lowest BCUT2D eigenvalue weighted by Crippen LogP contribution is -2.41. The van der Waals surface area contributed by atoms with E-state index in [-0.39, 0.29) is 11.9 Å². The number of sulfonamides is 1. The summed E-state index contributed by atoms with van der Waals surface area (Å²) in [6.45, 7) is 0. The highest BCUT2D eigenvalue weighted by molar-refractivity contribution is 7.89. The number of fused-ring (bicyclic) bond motifs is 3. The second kappa shape index (κ2) is 7.64. The van der Waals surface area contributed by atoms with E-state index in [0.29, 0.717) is 16.7 Å². The average molecular weight is 422 g/mol. The van der Waals surface area contributed by atoms with Crippen molar-refractivity contribution in [2.24, 2.45) is 11.8 Å². The molecule has 0 amide bonds. The zero-order valence-electron chi connectivity index (χ0n) is 16.6. The van der Waals surface area contributed by atoms with Crippen molar-refractivity contribution in [1.29, 1.82) is 0 Å². The van der Waals surface area contributed by atoms with Gasteiger partial charge in [-0.05, 0) is 84.0 Å². The van der Waals surface area contributed by atoms with Gasteiger partial charge in [0.15, 0.2) is 0 Å². The molecule has 0 radical (unpaired) electrons. The van der Waals surface area contributed by atoms with Crippen LogP contribution < -0.4 is 4.72 Å². The summed E-state index contributed by atoms with van der Waals surface area (Å²) in [5, 5.41) is 0. The summed E-state index contributed by atoms with van der Waals surface area (Å²) in [6.07, 6.45) is 3.83. The summed E-state index contributed by atoms with van der Waals surface area (Å²) in [4.78, 5) is 0.324. The van der Waals surface area contributed by atoms with Gasteiger partial charge in [-0.3, -0.25) is 0 Å². The largest absolute Gasteiger partial charge is 0.240 e. The fraction of sp³-hybridized carbons (Fsp3) is 0.280. The molecule has 0 saturated heterocycles. The fourth-order valence-corrected chi connectivity index (χ4v) is 6.47. The van der Waals surface area contributed by atoms with Gasteiger partial charge in [0.1, 0.15) is 5.82 Å². The molecule has 30 heavy (non-hydrogen) atoms. The van der Waals surface area contributed by atoms with Gasteiger partial charge < -0.3 is 0 Å². The molecule has 2 aliphatic carbocycles. The fourth-order valence-electron chi connectivity index (χ4n) is 5.07. The monoisotopic (exact) mass is 421 g/mol. The number of rotatable bonds is 4. The van der Waals surface area contributed by atoms with Crippen LogP contribution in [0.25, 0.3) is 11.1 Å². The Labute approximate surface area is 177 Å². The van der Waals surface area contributed by atoms with E-state index >= 15 is 0 Å². The second-order valence-corrected chi connectivity index (χ2v) is 10.2. The van der Waals surface area contributed by atoms with E-state index in [1.807, 2.05) is 6.07 Å². The van der Waals surface area contributed by atoms with Gasteiger partial charge >= 0.3 is 0 Å². The first-order valence-corrected chi connectivity index (χ1v) is 11.9. The van der Waals surface area contributed by atoms with Crippen molar-refractivity contribution >= 4 is 10.0 Å². The molecule has 1 saturated carbocycles. The molecule has 154 valence electrons. The lowest BCUT2D eigenvalue weighted by Gasteiger charge is -2.23. The molecule has 3 unspecified atom stereocenters. The summed E-state index contributed by atoms with van der Waals surface area (Å²) in [5.74, 6) is 0.365. The molecule has 0 aromatic heterocycles. The molecular formula is C25H24FNO2S. The maximum absolute atomic E-state index is 13.3. The molecule has 0 heterocycles. The van der Waals surface area contributed by atoms with Crippen LogP contribution in [0.5, 0.6) is 0 Å². The molecule has 3 aromatic carbocycles. The summed E-state index contributed by atoms with van der Waals surface area (Å²) < 4.78 is 42.2. The SMILES string of the molecule is O=S(=O)(NC1C2CCC1Cc1cc(-c3ccc(F)cc3)ccc1C2)c1ccccc1. The van der Waals surface area contributed by atoms with Gasteiger partial charge in [0.25, 0.3) is 0 Å². The summed E-state index contributed by atoms with van der Waals surface area (Å²) >= 11 is 0. The van der Waals surface area contributed by atoms with Crippen LogP contribution in [0.15, 0.2) is 77.7 Å². The predicted molar refractivity (Wildman–Crippen MR) is 116 cm³/mol. The van der Waals surface area contributed by atoms with Crippen molar-refractivity contribution in [3.05, 3.63) is 89.7 Å². The molecule has 3 aromatic rings. The summed E-state index contributed by atoms with van der Waals surface area (Å²) in [6, 6.07) is 21.6. The Hall–Kier alpha value is -2.50. The first-order valence-electron chi connectivity index (χ1n) is 10.4. The van der Waals surface area contributed by atoms with Crippen molar-refractivity contribution in [3.8, 4) is 11.1 Å². The molecule has 2 aliphatic rings. The van der Waals surface area contributed by atoms with E-state index in [1.165, 1.54) is 23.3 Å². The number of nitrogens with one attached hydrogen (secondary N) is 1. The third-order valence-electron chi connectivity index (χ3n) is 6.62. The normalized spacial score (nSPS) is 23.0. The first kappa shape index (κ1) is 19.5. The van der Waals surface area contributed by atoms with Crippen molar-refractivity contribution in [1.82, 2.24) is 4.72 Å². The molecule has 2 bridgehead atoms. The molecule has 0 spiro atoms. The topological polar surface area (TPSA) is 46.2 Å². The maximum Gasteiger partial charge on any atom is 0.240 e. The molecule has 1 N–H and O–H groups in total. The van der Waals surface area contributed by atoms with E-state index < -0.39 is 10.0 Å². The molecule has 5 rings (SSSR count). The molecule has 1 fully saturated rings. The smallest absolute Gasteiger partial charge is 0.207 e. The van der Waals surface area contributed by atoms with Gasteiger partial charge in [0, 0.05) is 6.04 Å². The Morgan fingerprint density at radius 1 is 0.767 bits per heavy atom. The van der Waals surface area contributed by atoms with Crippen LogP contribution in [-0.2, 0) is 22.9 Å². The Kier molecular flexibility index (Phi) is 4.95. The van der Waals surface area contributed by atoms with Crippen LogP contribution >= 0.6 is 0 Å². The van der Waals surface area contributed by atoms with Crippen LogP contribution in [0.2, 0.25) is 0 Å². The third-order valence-corrected chi connectivity index (χ3v) is 8.09. The minimum Gasteiger partial charge on any atom is -0.207 e. The zero-order chi connectivity index (χ0) is 20.7. The van der Waals surface area contributed by atoms with Crippen molar-refractivity contribution in [2.45, 2.75) is 36.6 Å². The van der Waals surface area contributed by atoms with Gasteiger partial charge in [0.05, 0.1) is 4.90 Å². The predicted octanol–water partition coefficient (Wildman–Crippen LogP) is 4.96. The van der Waals surface area contributed by atoms with Crippen LogP contribution in [0, 0.1) is 17.7 Å². The van der Waals surface area contributed by atoms with Gasteiger partial charge in [-0.25, -0.2) is 17.5 Å². The Bertz CT molecular complexity index is 1160. The highest BCUT2D eigenvalue weighted by Gasteiger charge is 2.41. The molecular weight excluding hydrogens is 397 g/mol. The lowest BCUT2D eigenvalue weighted by atomic mass is 9.90. The number of halogens is 1.